The number of nitrogens with zero attached hydrogens (tertiary/aromatic N) is 3. The zero-order chi connectivity index (χ0) is 17.4. The van der Waals surface area contributed by atoms with Crippen LogP contribution in [0.25, 0.3) is 32.3 Å². The van der Waals surface area contributed by atoms with Gasteiger partial charge >= 0.3 is 0 Å². The SMILES string of the molecule is Cc1nnsc1-c1nc(-c2ccc(-c3ccccc3F)cc2)c(C)s1. The van der Waals surface area contributed by atoms with Crippen LogP contribution in [0.15, 0.2) is 48.5 Å². The van der Waals surface area contributed by atoms with Crippen LogP contribution in [0.2, 0.25) is 0 Å². The molecule has 0 amide bonds. The molecule has 0 aliphatic carbocycles. The van der Waals surface area contributed by atoms with Crippen molar-refractivity contribution in [2.24, 2.45) is 0 Å². The quantitative estimate of drug-likeness (QED) is 0.463. The number of aromatic nitrogens is 3. The monoisotopic (exact) mass is 367 g/mol. The number of benzene rings is 2. The lowest BCUT2D eigenvalue weighted by molar-refractivity contribution is 0.631. The first-order chi connectivity index (χ1) is 12.1. The largest absolute Gasteiger partial charge is 0.235 e. The molecule has 4 aromatic rings. The Balaban J connectivity index is 1.71. The van der Waals surface area contributed by atoms with E-state index in [0.29, 0.717) is 5.56 Å². The molecule has 6 heteroatoms. The van der Waals surface area contributed by atoms with Crippen LogP contribution in [0.4, 0.5) is 4.39 Å². The maximum Gasteiger partial charge on any atom is 0.137 e. The highest BCUT2D eigenvalue weighted by Gasteiger charge is 2.15. The van der Waals surface area contributed by atoms with Crippen molar-refractivity contribution in [3.8, 4) is 32.3 Å². The van der Waals surface area contributed by atoms with Gasteiger partial charge in [0.2, 0.25) is 0 Å². The molecular weight excluding hydrogens is 353 g/mol. The van der Waals surface area contributed by atoms with Gasteiger partial charge in [-0.1, -0.05) is 47.0 Å². The Labute approximate surface area is 153 Å². The Kier molecular flexibility index (Phi) is 4.15. The normalized spacial score (nSPS) is 11.0. The summed E-state index contributed by atoms with van der Waals surface area (Å²) in [4.78, 5) is 6.93. The maximum atomic E-state index is 13.9. The van der Waals surface area contributed by atoms with E-state index < -0.39 is 0 Å². The number of aryl methyl sites for hydroxylation is 2. The number of halogens is 1. The number of rotatable bonds is 3. The van der Waals surface area contributed by atoms with Gasteiger partial charge < -0.3 is 0 Å². The average molecular weight is 367 g/mol. The van der Waals surface area contributed by atoms with Crippen LogP contribution in [0.1, 0.15) is 10.6 Å². The Hall–Kier alpha value is -2.44. The lowest BCUT2D eigenvalue weighted by atomic mass is 10.0. The lowest BCUT2D eigenvalue weighted by Crippen LogP contribution is -1.85. The molecule has 2 aromatic heterocycles. The summed E-state index contributed by atoms with van der Waals surface area (Å²) >= 11 is 3.01. The van der Waals surface area contributed by atoms with Crippen LogP contribution in [0, 0.1) is 19.7 Å². The first kappa shape index (κ1) is 16.1. The first-order valence-electron chi connectivity index (χ1n) is 7.75. The van der Waals surface area contributed by atoms with Crippen molar-refractivity contribution in [1.82, 2.24) is 14.6 Å². The van der Waals surface area contributed by atoms with Crippen LogP contribution >= 0.6 is 22.9 Å². The molecule has 2 aromatic carbocycles. The second-order valence-electron chi connectivity index (χ2n) is 5.67. The number of hydrogen-bond donors (Lipinski definition) is 0. The highest BCUT2D eigenvalue weighted by Crippen LogP contribution is 2.36. The minimum absolute atomic E-state index is 0.212. The van der Waals surface area contributed by atoms with Crippen LogP contribution < -0.4 is 0 Å². The average Bonchev–Trinajstić information content (AvgIpc) is 3.21. The molecule has 2 heterocycles. The molecule has 124 valence electrons. The Bertz CT molecular complexity index is 1040. The van der Waals surface area contributed by atoms with Gasteiger partial charge in [-0.3, -0.25) is 0 Å². The molecule has 0 saturated carbocycles. The van der Waals surface area contributed by atoms with Crippen LogP contribution in [-0.4, -0.2) is 14.6 Å². The lowest BCUT2D eigenvalue weighted by Gasteiger charge is -2.05. The summed E-state index contributed by atoms with van der Waals surface area (Å²) in [7, 11) is 0. The fourth-order valence-electron chi connectivity index (χ4n) is 2.69. The highest BCUT2D eigenvalue weighted by molar-refractivity contribution is 7.19. The molecule has 0 fully saturated rings. The molecule has 0 saturated heterocycles. The minimum Gasteiger partial charge on any atom is -0.235 e. The van der Waals surface area contributed by atoms with Crippen molar-refractivity contribution in [2.45, 2.75) is 13.8 Å². The third kappa shape index (κ3) is 2.99. The van der Waals surface area contributed by atoms with Crippen molar-refractivity contribution in [2.75, 3.05) is 0 Å². The van der Waals surface area contributed by atoms with Crippen molar-refractivity contribution in [1.29, 1.82) is 0 Å². The van der Waals surface area contributed by atoms with Crippen LogP contribution in [0.5, 0.6) is 0 Å². The van der Waals surface area contributed by atoms with Gasteiger partial charge in [-0.15, -0.1) is 16.4 Å². The van der Waals surface area contributed by atoms with E-state index in [4.69, 9.17) is 4.98 Å². The van der Waals surface area contributed by atoms with E-state index in [1.165, 1.54) is 17.6 Å². The summed E-state index contributed by atoms with van der Waals surface area (Å²) < 4.78 is 17.9. The van der Waals surface area contributed by atoms with Gasteiger partial charge in [0.15, 0.2) is 0 Å². The van der Waals surface area contributed by atoms with Crippen molar-refractivity contribution in [3.05, 3.63) is 64.9 Å². The predicted octanol–water partition coefficient (Wildman–Crippen LogP) is 5.75. The third-order valence-corrected chi connectivity index (χ3v) is 5.94. The fraction of sp³-hybridized carbons (Fsp3) is 0.105. The smallest absolute Gasteiger partial charge is 0.137 e. The first-order valence-corrected chi connectivity index (χ1v) is 9.34. The topological polar surface area (TPSA) is 38.7 Å². The number of hydrogen-bond acceptors (Lipinski definition) is 5. The fourth-order valence-corrected chi connectivity index (χ4v) is 4.40. The molecule has 0 spiro atoms. The van der Waals surface area contributed by atoms with E-state index in [9.17, 15) is 4.39 Å². The molecule has 0 bridgehead atoms. The van der Waals surface area contributed by atoms with E-state index >= 15 is 0 Å². The Morgan fingerprint density at radius 1 is 0.920 bits per heavy atom. The van der Waals surface area contributed by atoms with E-state index in [1.54, 1.807) is 23.5 Å². The minimum atomic E-state index is -0.212. The second kappa shape index (κ2) is 6.46. The van der Waals surface area contributed by atoms with Crippen molar-refractivity contribution >= 4 is 22.9 Å². The molecule has 0 atom stereocenters. The van der Waals surface area contributed by atoms with Gasteiger partial charge in [-0.05, 0) is 37.0 Å². The molecule has 0 radical (unpaired) electrons. The molecule has 0 aliphatic rings. The van der Waals surface area contributed by atoms with Gasteiger partial charge in [0.25, 0.3) is 0 Å². The molecule has 3 nitrogen and oxygen atoms in total. The molecule has 4 rings (SSSR count). The second-order valence-corrected chi connectivity index (χ2v) is 7.63. The van der Waals surface area contributed by atoms with Gasteiger partial charge in [0.1, 0.15) is 15.7 Å². The van der Waals surface area contributed by atoms with Gasteiger partial charge in [0, 0.05) is 16.0 Å². The maximum absolute atomic E-state index is 13.9. The molecular formula is C19H14FN3S2. The molecule has 0 N–H and O–H groups in total. The third-order valence-electron chi connectivity index (χ3n) is 3.99. The summed E-state index contributed by atoms with van der Waals surface area (Å²) in [5.41, 5.74) is 4.34. The van der Waals surface area contributed by atoms with Gasteiger partial charge in [-0.2, -0.15) is 0 Å². The van der Waals surface area contributed by atoms with E-state index in [2.05, 4.69) is 16.5 Å². The summed E-state index contributed by atoms with van der Waals surface area (Å²) in [6.07, 6.45) is 0. The summed E-state index contributed by atoms with van der Waals surface area (Å²) in [6.45, 7) is 4.00. The van der Waals surface area contributed by atoms with Crippen LogP contribution in [-0.2, 0) is 0 Å². The Morgan fingerprint density at radius 2 is 1.64 bits per heavy atom. The summed E-state index contributed by atoms with van der Waals surface area (Å²) in [6, 6.07) is 14.7. The van der Waals surface area contributed by atoms with Gasteiger partial charge in [-0.25, -0.2) is 9.37 Å². The van der Waals surface area contributed by atoms with Gasteiger partial charge in [0.05, 0.1) is 11.4 Å². The zero-order valence-electron chi connectivity index (χ0n) is 13.7. The highest BCUT2D eigenvalue weighted by atomic mass is 32.1. The molecule has 0 aliphatic heterocycles. The predicted molar refractivity (Wildman–Crippen MR) is 101 cm³/mol. The summed E-state index contributed by atoms with van der Waals surface area (Å²) in [5.74, 6) is -0.212. The van der Waals surface area contributed by atoms with Crippen molar-refractivity contribution < 1.29 is 4.39 Å². The van der Waals surface area contributed by atoms with Crippen LogP contribution in [0.3, 0.4) is 0 Å². The van der Waals surface area contributed by atoms with E-state index in [-0.39, 0.29) is 5.82 Å². The summed E-state index contributed by atoms with van der Waals surface area (Å²) in [5, 5.41) is 5.00. The van der Waals surface area contributed by atoms with E-state index in [0.717, 1.165) is 37.3 Å². The number of thiazole rings is 1. The molecule has 0 unspecified atom stereocenters. The standard InChI is InChI=1S/C19H14FN3S2/c1-11-18(25-23-22-11)19-21-17(12(2)24-19)14-9-7-13(8-10-14)15-5-3-4-6-16(15)20/h3-10H,1-2H3. The van der Waals surface area contributed by atoms with E-state index in [1.807, 2.05) is 37.3 Å². The Morgan fingerprint density at radius 3 is 2.32 bits per heavy atom. The zero-order valence-corrected chi connectivity index (χ0v) is 15.3. The van der Waals surface area contributed by atoms with Crippen molar-refractivity contribution in [3.63, 3.8) is 0 Å². The molecule has 25 heavy (non-hydrogen) atoms.